The number of carbonyl (C=O) groups excluding carboxylic acids is 2. The zero-order chi connectivity index (χ0) is 26.4. The van der Waals surface area contributed by atoms with Crippen molar-refractivity contribution in [3.63, 3.8) is 0 Å². The average Bonchev–Trinajstić information content (AvgIpc) is 3.11. The lowest BCUT2D eigenvalue weighted by molar-refractivity contribution is -0.115. The van der Waals surface area contributed by atoms with Crippen LogP contribution in [-0.4, -0.2) is 26.4 Å². The first kappa shape index (κ1) is 25.8. The molecule has 4 aromatic rings. The fraction of sp³-hybridized carbons (Fsp3) is 0.138. The lowest BCUT2D eigenvalue weighted by Crippen LogP contribution is -2.27. The third-order valence-corrected chi connectivity index (χ3v) is 6.91. The first-order valence-corrected chi connectivity index (χ1v) is 12.7. The molecule has 0 aliphatic heterocycles. The molecule has 0 radical (unpaired) electrons. The average molecular weight is 513 g/mol. The number of nitrogens with zero attached hydrogens (tertiary/aromatic N) is 2. The SMILES string of the molecule is Cc1c(NC(=O)C(C)Sc2cccc(NC(=O)/C=C/c3ccccc3)c2)c(=O)n(-c2ccccc2)n1C. The van der Waals surface area contributed by atoms with Crippen LogP contribution in [0.1, 0.15) is 18.2 Å². The Morgan fingerprint density at radius 1 is 0.919 bits per heavy atom. The summed E-state index contributed by atoms with van der Waals surface area (Å²) in [4.78, 5) is 39.2. The van der Waals surface area contributed by atoms with Gasteiger partial charge in [-0.15, -0.1) is 11.8 Å². The van der Waals surface area contributed by atoms with E-state index in [1.165, 1.54) is 22.5 Å². The van der Waals surface area contributed by atoms with Crippen molar-refractivity contribution in [2.24, 2.45) is 7.05 Å². The van der Waals surface area contributed by atoms with Crippen LogP contribution in [0.5, 0.6) is 0 Å². The molecule has 188 valence electrons. The molecule has 0 saturated carbocycles. The van der Waals surface area contributed by atoms with Crippen LogP contribution in [0.4, 0.5) is 11.4 Å². The van der Waals surface area contributed by atoms with Crippen LogP contribution >= 0.6 is 11.8 Å². The van der Waals surface area contributed by atoms with Gasteiger partial charge in [0.15, 0.2) is 0 Å². The van der Waals surface area contributed by atoms with Crippen LogP contribution < -0.4 is 16.2 Å². The van der Waals surface area contributed by atoms with E-state index in [9.17, 15) is 14.4 Å². The third kappa shape index (κ3) is 6.29. The minimum atomic E-state index is -0.479. The van der Waals surface area contributed by atoms with Gasteiger partial charge in [-0.1, -0.05) is 54.6 Å². The molecule has 0 bridgehead atoms. The minimum Gasteiger partial charge on any atom is -0.322 e. The van der Waals surface area contributed by atoms with E-state index in [0.29, 0.717) is 11.4 Å². The highest BCUT2D eigenvalue weighted by molar-refractivity contribution is 8.00. The Balaban J connectivity index is 1.41. The molecule has 8 heteroatoms. The number of anilines is 2. The molecule has 37 heavy (non-hydrogen) atoms. The maximum Gasteiger partial charge on any atom is 0.295 e. The highest BCUT2D eigenvalue weighted by atomic mass is 32.2. The van der Waals surface area contributed by atoms with Gasteiger partial charge in [-0.25, -0.2) is 4.68 Å². The van der Waals surface area contributed by atoms with Crippen LogP contribution in [0, 0.1) is 6.92 Å². The predicted octanol–water partition coefficient (Wildman–Crippen LogP) is 5.26. The number of aromatic nitrogens is 2. The number of amides is 2. The highest BCUT2D eigenvalue weighted by Crippen LogP contribution is 2.27. The number of para-hydroxylation sites is 1. The van der Waals surface area contributed by atoms with Gasteiger partial charge < -0.3 is 10.6 Å². The molecular formula is C29H28N4O3S. The lowest BCUT2D eigenvalue weighted by Gasteiger charge is -2.12. The third-order valence-electron chi connectivity index (χ3n) is 5.81. The second-order valence-corrected chi connectivity index (χ2v) is 9.86. The summed E-state index contributed by atoms with van der Waals surface area (Å²) in [6.07, 6.45) is 3.23. The first-order valence-electron chi connectivity index (χ1n) is 11.8. The van der Waals surface area contributed by atoms with E-state index in [2.05, 4.69) is 10.6 Å². The maximum atomic E-state index is 13.1. The molecule has 1 unspecified atom stereocenters. The Hall–Kier alpha value is -4.30. The van der Waals surface area contributed by atoms with Gasteiger partial charge in [-0.2, -0.15) is 0 Å². The number of carbonyl (C=O) groups is 2. The molecule has 0 aliphatic carbocycles. The van der Waals surface area contributed by atoms with E-state index in [-0.39, 0.29) is 23.1 Å². The molecule has 0 saturated heterocycles. The fourth-order valence-corrected chi connectivity index (χ4v) is 4.69. The molecular weight excluding hydrogens is 484 g/mol. The van der Waals surface area contributed by atoms with Crippen molar-refractivity contribution in [2.75, 3.05) is 10.6 Å². The molecule has 1 aromatic heterocycles. The summed E-state index contributed by atoms with van der Waals surface area (Å²) in [5.41, 5.74) is 2.92. The van der Waals surface area contributed by atoms with Crippen molar-refractivity contribution in [1.82, 2.24) is 9.36 Å². The second-order valence-electron chi connectivity index (χ2n) is 8.45. The standard InChI is InChI=1S/C29H28N4O3S/c1-20-27(29(36)33(32(20)3)24-14-8-5-9-15-24)31-28(35)21(2)37-25-16-10-13-23(19-25)30-26(34)18-17-22-11-6-4-7-12-22/h4-19,21H,1-3H3,(H,30,34)(H,31,35)/b18-17+. The van der Waals surface area contributed by atoms with Crippen LogP contribution in [0.3, 0.4) is 0 Å². The number of hydrogen-bond donors (Lipinski definition) is 2. The zero-order valence-corrected chi connectivity index (χ0v) is 21.7. The molecule has 2 amide bonds. The van der Waals surface area contributed by atoms with Crippen molar-refractivity contribution in [1.29, 1.82) is 0 Å². The second kappa shape index (κ2) is 11.6. The molecule has 4 rings (SSSR count). The fourth-order valence-electron chi connectivity index (χ4n) is 3.76. The van der Waals surface area contributed by atoms with Crippen molar-refractivity contribution in [2.45, 2.75) is 24.0 Å². The first-order chi connectivity index (χ1) is 17.8. The van der Waals surface area contributed by atoms with E-state index in [0.717, 1.165) is 16.1 Å². The van der Waals surface area contributed by atoms with Crippen LogP contribution in [-0.2, 0) is 16.6 Å². The lowest BCUT2D eigenvalue weighted by atomic mass is 10.2. The smallest absolute Gasteiger partial charge is 0.295 e. The quantitative estimate of drug-likeness (QED) is 0.249. The summed E-state index contributed by atoms with van der Waals surface area (Å²) in [6, 6.07) is 26.2. The molecule has 7 nitrogen and oxygen atoms in total. The zero-order valence-electron chi connectivity index (χ0n) is 20.8. The predicted molar refractivity (Wildman–Crippen MR) is 150 cm³/mol. The van der Waals surface area contributed by atoms with Gasteiger partial charge in [0.05, 0.1) is 16.6 Å². The van der Waals surface area contributed by atoms with Crippen LogP contribution in [0.2, 0.25) is 0 Å². The van der Waals surface area contributed by atoms with Gasteiger partial charge in [0.1, 0.15) is 5.69 Å². The van der Waals surface area contributed by atoms with Crippen molar-refractivity contribution in [3.8, 4) is 5.69 Å². The Labute approximate surface area is 219 Å². The molecule has 2 N–H and O–H groups in total. The van der Waals surface area contributed by atoms with Crippen molar-refractivity contribution < 1.29 is 9.59 Å². The van der Waals surface area contributed by atoms with E-state index in [1.54, 1.807) is 37.7 Å². The Bertz CT molecular complexity index is 1490. The summed E-state index contributed by atoms with van der Waals surface area (Å²) in [7, 11) is 1.78. The molecule has 0 spiro atoms. The maximum absolute atomic E-state index is 13.1. The summed E-state index contributed by atoms with van der Waals surface area (Å²) in [6.45, 7) is 3.58. The molecule has 0 fully saturated rings. The summed E-state index contributed by atoms with van der Waals surface area (Å²) < 4.78 is 3.25. The Kier molecular flexibility index (Phi) is 8.10. The Morgan fingerprint density at radius 3 is 2.30 bits per heavy atom. The summed E-state index contributed by atoms with van der Waals surface area (Å²) in [5.74, 6) is -0.526. The Morgan fingerprint density at radius 2 is 1.59 bits per heavy atom. The molecule has 1 heterocycles. The van der Waals surface area contributed by atoms with Gasteiger partial charge in [0, 0.05) is 23.7 Å². The van der Waals surface area contributed by atoms with Crippen LogP contribution in [0.25, 0.3) is 11.8 Å². The van der Waals surface area contributed by atoms with Gasteiger partial charge in [-0.3, -0.25) is 19.1 Å². The summed E-state index contributed by atoms with van der Waals surface area (Å²) >= 11 is 1.34. The van der Waals surface area contributed by atoms with Gasteiger partial charge >= 0.3 is 0 Å². The van der Waals surface area contributed by atoms with Crippen LogP contribution in [0.15, 0.2) is 101 Å². The normalized spacial score (nSPS) is 11.9. The molecule has 0 aliphatic rings. The van der Waals surface area contributed by atoms with E-state index in [4.69, 9.17) is 0 Å². The van der Waals surface area contributed by atoms with E-state index < -0.39 is 5.25 Å². The van der Waals surface area contributed by atoms with Crippen molar-refractivity contribution >= 4 is 41.0 Å². The molecule has 1 atom stereocenters. The van der Waals surface area contributed by atoms with E-state index in [1.807, 2.05) is 78.9 Å². The van der Waals surface area contributed by atoms with Gasteiger partial charge in [-0.05, 0) is 55.8 Å². The highest BCUT2D eigenvalue weighted by Gasteiger charge is 2.21. The monoisotopic (exact) mass is 512 g/mol. The minimum absolute atomic E-state index is 0.244. The van der Waals surface area contributed by atoms with E-state index >= 15 is 0 Å². The number of nitrogens with one attached hydrogen (secondary N) is 2. The molecule has 3 aromatic carbocycles. The topological polar surface area (TPSA) is 85.1 Å². The van der Waals surface area contributed by atoms with Gasteiger partial charge in [0.2, 0.25) is 11.8 Å². The number of hydrogen-bond acceptors (Lipinski definition) is 4. The number of rotatable bonds is 8. The summed E-state index contributed by atoms with van der Waals surface area (Å²) in [5, 5.41) is 5.19. The number of benzene rings is 3. The largest absolute Gasteiger partial charge is 0.322 e. The van der Waals surface area contributed by atoms with Gasteiger partial charge in [0.25, 0.3) is 5.56 Å². The van der Waals surface area contributed by atoms with Crippen molar-refractivity contribution in [3.05, 3.63) is 113 Å². The number of thioether (sulfide) groups is 1.